The van der Waals surface area contributed by atoms with Crippen molar-refractivity contribution < 1.29 is 5.11 Å². The van der Waals surface area contributed by atoms with Crippen LogP contribution in [0.25, 0.3) is 0 Å². The van der Waals surface area contributed by atoms with Crippen LogP contribution < -0.4 is 5.73 Å². The predicted octanol–water partition coefficient (Wildman–Crippen LogP) is 1.98. The molecule has 0 bridgehead atoms. The average molecular weight is 237 g/mol. The van der Waals surface area contributed by atoms with Gasteiger partial charge in [-0.2, -0.15) is 0 Å². The van der Waals surface area contributed by atoms with E-state index in [1.165, 1.54) is 41.7 Å². The van der Waals surface area contributed by atoms with Crippen LogP contribution in [0.15, 0.2) is 23.1 Å². The molecule has 16 heavy (non-hydrogen) atoms. The second-order valence-electron chi connectivity index (χ2n) is 4.34. The van der Waals surface area contributed by atoms with Crippen LogP contribution in [0.5, 0.6) is 0 Å². The van der Waals surface area contributed by atoms with Crippen LogP contribution in [0, 0.1) is 0 Å². The van der Waals surface area contributed by atoms with E-state index < -0.39 is 0 Å². The van der Waals surface area contributed by atoms with E-state index in [0.717, 1.165) is 0 Å². The highest BCUT2D eigenvalue weighted by molar-refractivity contribution is 7.99. The van der Waals surface area contributed by atoms with Crippen molar-refractivity contribution in [1.29, 1.82) is 0 Å². The van der Waals surface area contributed by atoms with Crippen LogP contribution in [-0.2, 0) is 12.8 Å². The predicted molar refractivity (Wildman–Crippen MR) is 68.9 cm³/mol. The standard InChI is InChI=1S/C13H19NOS/c14-8-12(15)9-16-13-6-5-10-3-1-2-4-11(10)7-13/h5-7,12,15H,1-4,8-9,14H2. The maximum atomic E-state index is 9.41. The molecule has 0 heterocycles. The summed E-state index contributed by atoms with van der Waals surface area (Å²) < 4.78 is 0. The van der Waals surface area contributed by atoms with Crippen LogP contribution in [0.1, 0.15) is 24.0 Å². The minimum atomic E-state index is -0.388. The van der Waals surface area contributed by atoms with E-state index in [9.17, 15) is 5.11 Å². The van der Waals surface area contributed by atoms with Gasteiger partial charge in [0.15, 0.2) is 0 Å². The molecule has 0 aromatic heterocycles. The Hall–Kier alpha value is -0.510. The maximum Gasteiger partial charge on any atom is 0.0756 e. The molecule has 1 atom stereocenters. The molecule has 3 N–H and O–H groups in total. The molecule has 1 aliphatic rings. The van der Waals surface area contributed by atoms with Gasteiger partial charge in [-0.3, -0.25) is 0 Å². The number of nitrogens with two attached hydrogens (primary N) is 1. The summed E-state index contributed by atoms with van der Waals surface area (Å²) in [7, 11) is 0. The van der Waals surface area contributed by atoms with Gasteiger partial charge in [0.1, 0.15) is 0 Å². The minimum Gasteiger partial charge on any atom is -0.391 e. The molecule has 1 aromatic rings. The van der Waals surface area contributed by atoms with Crippen LogP contribution in [0.3, 0.4) is 0 Å². The van der Waals surface area contributed by atoms with Crippen LogP contribution in [0.4, 0.5) is 0 Å². The number of aryl methyl sites for hydroxylation is 2. The van der Waals surface area contributed by atoms with Gasteiger partial charge in [-0.05, 0) is 48.9 Å². The molecular formula is C13H19NOS. The Morgan fingerprint density at radius 2 is 2.00 bits per heavy atom. The SMILES string of the molecule is NCC(O)CSc1ccc2c(c1)CCCC2. The minimum absolute atomic E-state index is 0.345. The molecule has 0 saturated heterocycles. The molecule has 1 aliphatic carbocycles. The van der Waals surface area contributed by atoms with Crippen LogP contribution in [0.2, 0.25) is 0 Å². The Morgan fingerprint density at radius 1 is 1.25 bits per heavy atom. The number of rotatable bonds is 4. The number of fused-ring (bicyclic) bond motifs is 1. The largest absolute Gasteiger partial charge is 0.391 e. The highest BCUT2D eigenvalue weighted by Crippen LogP contribution is 2.27. The zero-order chi connectivity index (χ0) is 11.4. The summed E-state index contributed by atoms with van der Waals surface area (Å²) >= 11 is 1.70. The normalized spacial score (nSPS) is 16.9. The molecule has 0 saturated carbocycles. The summed E-state index contributed by atoms with van der Waals surface area (Å²) in [5.74, 6) is 0.690. The van der Waals surface area contributed by atoms with Crippen molar-refractivity contribution in [2.24, 2.45) is 5.73 Å². The Labute approximate surface area is 101 Å². The molecule has 2 nitrogen and oxygen atoms in total. The first-order valence-corrected chi connectivity index (χ1v) is 6.91. The molecule has 0 radical (unpaired) electrons. The van der Waals surface area contributed by atoms with Crippen molar-refractivity contribution in [1.82, 2.24) is 0 Å². The van der Waals surface area contributed by atoms with Gasteiger partial charge in [0.2, 0.25) is 0 Å². The highest BCUT2D eigenvalue weighted by atomic mass is 32.2. The van der Waals surface area contributed by atoms with Crippen molar-refractivity contribution in [3.8, 4) is 0 Å². The summed E-state index contributed by atoms with van der Waals surface area (Å²) in [5, 5.41) is 9.41. The lowest BCUT2D eigenvalue weighted by Gasteiger charge is -2.16. The molecule has 1 unspecified atom stereocenters. The topological polar surface area (TPSA) is 46.2 Å². The van der Waals surface area contributed by atoms with Gasteiger partial charge in [0.25, 0.3) is 0 Å². The molecular weight excluding hydrogens is 218 g/mol. The number of benzene rings is 1. The van der Waals surface area contributed by atoms with Crippen molar-refractivity contribution in [3.63, 3.8) is 0 Å². The molecule has 3 heteroatoms. The Kier molecular flexibility index (Phi) is 4.27. The third kappa shape index (κ3) is 3.00. The summed E-state index contributed by atoms with van der Waals surface area (Å²) in [6, 6.07) is 6.69. The van der Waals surface area contributed by atoms with Crippen LogP contribution >= 0.6 is 11.8 Å². The van der Waals surface area contributed by atoms with E-state index in [2.05, 4.69) is 18.2 Å². The van der Waals surface area contributed by atoms with Crippen molar-refractivity contribution in [2.75, 3.05) is 12.3 Å². The number of thioether (sulfide) groups is 1. The van der Waals surface area contributed by atoms with Crippen molar-refractivity contribution in [3.05, 3.63) is 29.3 Å². The average Bonchev–Trinajstić information content (AvgIpc) is 2.35. The summed E-state index contributed by atoms with van der Waals surface area (Å²) in [5.41, 5.74) is 8.39. The molecule has 0 spiro atoms. The van der Waals surface area contributed by atoms with Gasteiger partial charge in [0, 0.05) is 17.2 Å². The van der Waals surface area contributed by atoms with E-state index in [-0.39, 0.29) is 6.10 Å². The second kappa shape index (κ2) is 5.71. The summed E-state index contributed by atoms with van der Waals surface area (Å²) in [6.07, 6.45) is 4.69. The smallest absolute Gasteiger partial charge is 0.0756 e. The van der Waals surface area contributed by atoms with Gasteiger partial charge in [-0.15, -0.1) is 11.8 Å². The van der Waals surface area contributed by atoms with Gasteiger partial charge in [-0.25, -0.2) is 0 Å². The number of aliphatic hydroxyl groups excluding tert-OH is 1. The lowest BCUT2D eigenvalue weighted by atomic mass is 9.92. The van der Waals surface area contributed by atoms with Crippen LogP contribution in [-0.4, -0.2) is 23.5 Å². The van der Waals surface area contributed by atoms with Gasteiger partial charge < -0.3 is 10.8 Å². The lowest BCUT2D eigenvalue weighted by Crippen LogP contribution is -2.21. The third-order valence-corrected chi connectivity index (χ3v) is 4.17. The van der Waals surface area contributed by atoms with Gasteiger partial charge in [-0.1, -0.05) is 6.07 Å². The molecule has 1 aromatic carbocycles. The van der Waals surface area contributed by atoms with E-state index >= 15 is 0 Å². The van der Waals surface area contributed by atoms with E-state index in [4.69, 9.17) is 5.73 Å². The van der Waals surface area contributed by atoms with Gasteiger partial charge >= 0.3 is 0 Å². The lowest BCUT2D eigenvalue weighted by molar-refractivity contribution is 0.208. The van der Waals surface area contributed by atoms with Crippen molar-refractivity contribution >= 4 is 11.8 Å². The first-order valence-electron chi connectivity index (χ1n) is 5.92. The van der Waals surface area contributed by atoms with E-state index in [0.29, 0.717) is 12.3 Å². The number of hydrogen-bond acceptors (Lipinski definition) is 3. The molecule has 0 fully saturated rings. The quantitative estimate of drug-likeness (QED) is 0.787. The Bertz CT molecular complexity index is 354. The summed E-state index contributed by atoms with van der Waals surface area (Å²) in [6.45, 7) is 0.345. The first-order chi connectivity index (χ1) is 7.79. The maximum absolute atomic E-state index is 9.41. The van der Waals surface area contributed by atoms with Gasteiger partial charge in [0.05, 0.1) is 6.10 Å². The van der Waals surface area contributed by atoms with E-state index in [1.54, 1.807) is 11.8 Å². The second-order valence-corrected chi connectivity index (χ2v) is 5.43. The summed E-state index contributed by atoms with van der Waals surface area (Å²) in [4.78, 5) is 1.26. The molecule has 0 amide bonds. The zero-order valence-corrected chi connectivity index (χ0v) is 10.3. The number of hydrogen-bond donors (Lipinski definition) is 2. The zero-order valence-electron chi connectivity index (χ0n) is 9.48. The van der Waals surface area contributed by atoms with E-state index in [1.807, 2.05) is 0 Å². The Balaban J connectivity index is 2.00. The first kappa shape index (κ1) is 12.0. The monoisotopic (exact) mass is 237 g/mol. The molecule has 88 valence electrons. The third-order valence-electron chi connectivity index (χ3n) is 3.03. The molecule has 0 aliphatic heterocycles. The highest BCUT2D eigenvalue weighted by Gasteiger charge is 2.10. The molecule has 2 rings (SSSR count). The fourth-order valence-electron chi connectivity index (χ4n) is 2.06. The fourth-order valence-corrected chi connectivity index (χ4v) is 2.97. The van der Waals surface area contributed by atoms with Crippen molar-refractivity contribution in [2.45, 2.75) is 36.7 Å². The Morgan fingerprint density at radius 3 is 2.75 bits per heavy atom. The fraction of sp³-hybridized carbons (Fsp3) is 0.538. The number of aliphatic hydroxyl groups is 1.